The molecule has 2 saturated heterocycles. The Labute approximate surface area is 135 Å². The number of ether oxygens (including phenoxy) is 2. The molecule has 23 heavy (non-hydrogen) atoms. The van der Waals surface area contributed by atoms with Crippen molar-refractivity contribution in [2.75, 3.05) is 26.3 Å². The summed E-state index contributed by atoms with van der Waals surface area (Å²) in [4.78, 5) is 6.56. The second-order valence-electron chi connectivity index (χ2n) is 6.45. The molecular weight excluding hydrogens is 294 g/mol. The zero-order valence-corrected chi connectivity index (χ0v) is 13.3. The SMILES string of the molecule is Cc1cc(CN2CC3(C2)OCC[C@H]3COc2ccccn2)no1. The number of aryl methyl sites for hydroxylation is 1. The molecule has 2 aromatic rings. The minimum Gasteiger partial charge on any atom is -0.477 e. The molecule has 4 rings (SSSR count). The van der Waals surface area contributed by atoms with Gasteiger partial charge in [-0.15, -0.1) is 0 Å². The molecule has 0 amide bonds. The molecule has 0 aliphatic carbocycles. The standard InChI is InChI=1S/C17H21N3O3/c1-13-8-15(19-23-13)9-20-11-17(12-20)14(5-7-22-17)10-21-16-4-2-3-6-18-16/h2-4,6,8,14H,5,7,9-12H2,1H3/t14-/m0/s1. The van der Waals surface area contributed by atoms with Crippen LogP contribution >= 0.6 is 0 Å². The van der Waals surface area contributed by atoms with Gasteiger partial charge in [0.05, 0.1) is 17.9 Å². The van der Waals surface area contributed by atoms with Crippen molar-refractivity contribution >= 4 is 0 Å². The molecule has 0 saturated carbocycles. The molecule has 2 fully saturated rings. The Morgan fingerprint density at radius 1 is 1.39 bits per heavy atom. The van der Waals surface area contributed by atoms with E-state index in [1.165, 1.54) is 0 Å². The Balaban J connectivity index is 1.32. The summed E-state index contributed by atoms with van der Waals surface area (Å²) >= 11 is 0. The van der Waals surface area contributed by atoms with Gasteiger partial charge in [-0.2, -0.15) is 0 Å². The third-order valence-electron chi connectivity index (χ3n) is 4.71. The molecule has 2 aliphatic heterocycles. The van der Waals surface area contributed by atoms with E-state index in [1.54, 1.807) is 6.20 Å². The lowest BCUT2D eigenvalue weighted by atomic mass is 9.81. The quantitative estimate of drug-likeness (QED) is 0.841. The molecule has 1 spiro atoms. The van der Waals surface area contributed by atoms with Crippen molar-refractivity contribution in [2.45, 2.75) is 25.5 Å². The van der Waals surface area contributed by atoms with E-state index in [2.05, 4.69) is 15.0 Å². The first-order valence-electron chi connectivity index (χ1n) is 8.06. The summed E-state index contributed by atoms with van der Waals surface area (Å²) in [5.74, 6) is 1.96. The number of hydrogen-bond donors (Lipinski definition) is 0. The highest BCUT2D eigenvalue weighted by Gasteiger charge is 2.53. The molecule has 2 aliphatic rings. The van der Waals surface area contributed by atoms with E-state index < -0.39 is 0 Å². The molecule has 6 heteroatoms. The summed E-state index contributed by atoms with van der Waals surface area (Å²) in [6, 6.07) is 7.71. The van der Waals surface area contributed by atoms with Gasteiger partial charge in [-0.25, -0.2) is 4.98 Å². The average molecular weight is 315 g/mol. The van der Waals surface area contributed by atoms with Gasteiger partial charge in [0.25, 0.3) is 0 Å². The predicted molar refractivity (Wildman–Crippen MR) is 83.0 cm³/mol. The van der Waals surface area contributed by atoms with Crippen LogP contribution in [0.5, 0.6) is 5.88 Å². The Morgan fingerprint density at radius 2 is 2.30 bits per heavy atom. The summed E-state index contributed by atoms with van der Waals surface area (Å²) < 4.78 is 17.0. The maximum atomic E-state index is 6.06. The van der Waals surface area contributed by atoms with Crippen molar-refractivity contribution in [3.8, 4) is 5.88 Å². The Kier molecular flexibility index (Phi) is 3.79. The van der Waals surface area contributed by atoms with E-state index in [0.717, 1.165) is 44.1 Å². The normalized spacial score (nSPS) is 23.1. The van der Waals surface area contributed by atoms with Gasteiger partial charge in [-0.05, 0) is 19.4 Å². The van der Waals surface area contributed by atoms with E-state index in [4.69, 9.17) is 14.0 Å². The number of likely N-dealkylation sites (tertiary alicyclic amines) is 1. The Morgan fingerprint density at radius 3 is 3.04 bits per heavy atom. The lowest BCUT2D eigenvalue weighted by Crippen LogP contribution is -2.64. The molecule has 2 aromatic heterocycles. The van der Waals surface area contributed by atoms with Crippen LogP contribution in [-0.4, -0.2) is 46.9 Å². The average Bonchev–Trinajstić information content (AvgIpc) is 3.12. The van der Waals surface area contributed by atoms with Crippen LogP contribution in [0.25, 0.3) is 0 Å². The van der Waals surface area contributed by atoms with Crippen molar-refractivity contribution in [1.29, 1.82) is 0 Å². The van der Waals surface area contributed by atoms with Gasteiger partial charge >= 0.3 is 0 Å². The molecule has 4 heterocycles. The van der Waals surface area contributed by atoms with Crippen LogP contribution in [0.15, 0.2) is 35.0 Å². The highest BCUT2D eigenvalue weighted by Crippen LogP contribution is 2.40. The van der Waals surface area contributed by atoms with E-state index in [1.807, 2.05) is 31.2 Å². The summed E-state index contributed by atoms with van der Waals surface area (Å²) in [5.41, 5.74) is 0.921. The zero-order valence-electron chi connectivity index (χ0n) is 13.3. The third-order valence-corrected chi connectivity index (χ3v) is 4.71. The molecule has 6 nitrogen and oxygen atoms in total. The van der Waals surface area contributed by atoms with Gasteiger partial charge < -0.3 is 14.0 Å². The first-order valence-corrected chi connectivity index (χ1v) is 8.06. The maximum Gasteiger partial charge on any atom is 0.213 e. The molecule has 0 radical (unpaired) electrons. The second-order valence-corrected chi connectivity index (χ2v) is 6.45. The summed E-state index contributed by atoms with van der Waals surface area (Å²) in [6.45, 7) is 6.06. The maximum absolute atomic E-state index is 6.06. The fourth-order valence-corrected chi connectivity index (χ4v) is 3.53. The minimum atomic E-state index is -0.0619. The van der Waals surface area contributed by atoms with Crippen molar-refractivity contribution in [3.63, 3.8) is 0 Å². The Hall–Kier alpha value is -1.92. The van der Waals surface area contributed by atoms with Gasteiger partial charge in [0.2, 0.25) is 5.88 Å². The minimum absolute atomic E-state index is 0.0619. The zero-order chi connectivity index (χ0) is 15.7. The van der Waals surface area contributed by atoms with Gasteiger partial charge in [0.15, 0.2) is 0 Å². The van der Waals surface area contributed by atoms with Crippen LogP contribution in [0.1, 0.15) is 17.9 Å². The molecule has 0 unspecified atom stereocenters. The lowest BCUT2D eigenvalue weighted by Gasteiger charge is -2.49. The van der Waals surface area contributed by atoms with E-state index >= 15 is 0 Å². The summed E-state index contributed by atoms with van der Waals surface area (Å²) in [5, 5.41) is 4.06. The van der Waals surface area contributed by atoms with Gasteiger partial charge in [-0.3, -0.25) is 4.90 Å². The van der Waals surface area contributed by atoms with E-state index in [-0.39, 0.29) is 5.60 Å². The van der Waals surface area contributed by atoms with Gasteiger partial charge in [-0.1, -0.05) is 11.2 Å². The Bertz CT molecular complexity index is 652. The van der Waals surface area contributed by atoms with Crippen molar-refractivity contribution in [2.24, 2.45) is 5.92 Å². The van der Waals surface area contributed by atoms with Crippen molar-refractivity contribution in [1.82, 2.24) is 15.0 Å². The smallest absolute Gasteiger partial charge is 0.213 e. The molecular formula is C17H21N3O3. The first kappa shape index (κ1) is 14.7. The van der Waals surface area contributed by atoms with E-state index in [0.29, 0.717) is 18.4 Å². The van der Waals surface area contributed by atoms with Crippen LogP contribution in [0, 0.1) is 12.8 Å². The molecule has 122 valence electrons. The summed E-state index contributed by atoms with van der Waals surface area (Å²) in [7, 11) is 0. The van der Waals surface area contributed by atoms with Gasteiger partial charge in [0.1, 0.15) is 5.76 Å². The third kappa shape index (κ3) is 2.96. The topological polar surface area (TPSA) is 60.6 Å². The monoisotopic (exact) mass is 315 g/mol. The number of hydrogen-bond acceptors (Lipinski definition) is 6. The highest BCUT2D eigenvalue weighted by molar-refractivity contribution is 5.12. The largest absolute Gasteiger partial charge is 0.477 e. The van der Waals surface area contributed by atoms with Crippen LogP contribution < -0.4 is 4.74 Å². The number of pyridine rings is 1. The lowest BCUT2D eigenvalue weighted by molar-refractivity contribution is -0.141. The predicted octanol–water partition coefficient (Wildman–Crippen LogP) is 2.05. The molecule has 0 bridgehead atoms. The highest BCUT2D eigenvalue weighted by atomic mass is 16.5. The number of aromatic nitrogens is 2. The van der Waals surface area contributed by atoms with Gasteiger partial charge in [0, 0.05) is 50.5 Å². The van der Waals surface area contributed by atoms with Crippen LogP contribution in [0.4, 0.5) is 0 Å². The molecule has 0 aromatic carbocycles. The molecule has 1 atom stereocenters. The van der Waals surface area contributed by atoms with Crippen LogP contribution in [0.2, 0.25) is 0 Å². The number of rotatable bonds is 5. The number of nitrogens with zero attached hydrogens (tertiary/aromatic N) is 3. The fraction of sp³-hybridized carbons (Fsp3) is 0.529. The van der Waals surface area contributed by atoms with Crippen LogP contribution in [-0.2, 0) is 11.3 Å². The van der Waals surface area contributed by atoms with Crippen LogP contribution in [0.3, 0.4) is 0 Å². The molecule has 0 N–H and O–H groups in total. The first-order chi connectivity index (χ1) is 11.2. The van der Waals surface area contributed by atoms with Crippen molar-refractivity contribution < 1.29 is 14.0 Å². The summed E-state index contributed by atoms with van der Waals surface area (Å²) in [6.07, 6.45) is 2.80. The van der Waals surface area contributed by atoms with Crippen molar-refractivity contribution in [3.05, 3.63) is 41.9 Å². The second kappa shape index (κ2) is 5.94. The van der Waals surface area contributed by atoms with E-state index in [9.17, 15) is 0 Å². The fourth-order valence-electron chi connectivity index (χ4n) is 3.53.